The van der Waals surface area contributed by atoms with Crippen molar-refractivity contribution in [2.24, 2.45) is 5.41 Å². The number of halogens is 1. The zero-order valence-electron chi connectivity index (χ0n) is 10.4. The van der Waals surface area contributed by atoms with Crippen LogP contribution >= 0.6 is 11.6 Å². The van der Waals surface area contributed by atoms with Crippen LogP contribution in [0.4, 0.5) is 5.82 Å². The molecule has 0 fully saturated rings. The number of nitrogens with one attached hydrogen (secondary N) is 1. The molecule has 1 rings (SSSR count). The van der Waals surface area contributed by atoms with Gasteiger partial charge in [-0.05, 0) is 18.8 Å². The average Bonchev–Trinajstić information content (AvgIpc) is 2.16. The average molecular weight is 242 g/mol. The predicted octanol–water partition coefficient (Wildman–Crippen LogP) is 3.24. The van der Waals surface area contributed by atoms with Crippen molar-refractivity contribution < 1.29 is 0 Å². The van der Waals surface area contributed by atoms with Gasteiger partial charge in [0.25, 0.3) is 0 Å². The van der Waals surface area contributed by atoms with Crippen LogP contribution < -0.4 is 5.32 Å². The summed E-state index contributed by atoms with van der Waals surface area (Å²) in [6.45, 7) is 8.56. The van der Waals surface area contributed by atoms with Gasteiger partial charge in [0.2, 0.25) is 0 Å². The van der Waals surface area contributed by atoms with Crippen molar-refractivity contribution in [3.8, 4) is 0 Å². The molecule has 0 amide bonds. The second-order valence-corrected chi connectivity index (χ2v) is 5.46. The van der Waals surface area contributed by atoms with Crippen molar-refractivity contribution in [2.75, 3.05) is 11.2 Å². The molecule has 0 spiro atoms. The van der Waals surface area contributed by atoms with Crippen molar-refractivity contribution in [1.29, 1.82) is 0 Å². The lowest BCUT2D eigenvalue weighted by Gasteiger charge is -2.31. The summed E-state index contributed by atoms with van der Waals surface area (Å²) in [4.78, 5) is 8.29. The number of alkyl halides is 1. The monoisotopic (exact) mass is 241 g/mol. The molecule has 0 aliphatic rings. The van der Waals surface area contributed by atoms with Gasteiger partial charge in [0, 0.05) is 23.7 Å². The van der Waals surface area contributed by atoms with E-state index >= 15 is 0 Å². The number of aryl methyl sites for hydroxylation is 1. The van der Waals surface area contributed by atoms with E-state index in [1.165, 1.54) is 0 Å². The van der Waals surface area contributed by atoms with Crippen LogP contribution in [0, 0.1) is 12.3 Å². The summed E-state index contributed by atoms with van der Waals surface area (Å²) in [6.07, 6.45) is 2.51. The molecular formula is C12H20ClN3. The molecule has 1 atom stereocenters. The Morgan fingerprint density at radius 1 is 1.38 bits per heavy atom. The molecule has 4 heteroatoms. The van der Waals surface area contributed by atoms with Crippen LogP contribution in [0.3, 0.4) is 0 Å². The maximum atomic E-state index is 5.83. The van der Waals surface area contributed by atoms with Crippen LogP contribution in [-0.2, 0) is 0 Å². The number of nitrogens with zero attached hydrogens (tertiary/aromatic N) is 2. The van der Waals surface area contributed by atoms with Crippen molar-refractivity contribution in [2.45, 2.75) is 40.2 Å². The fraction of sp³-hybridized carbons (Fsp3) is 0.667. The maximum Gasteiger partial charge on any atom is 0.129 e. The van der Waals surface area contributed by atoms with Crippen LogP contribution in [0.15, 0.2) is 12.4 Å². The highest BCUT2D eigenvalue weighted by Gasteiger charge is 2.24. The Bertz CT molecular complexity index is 333. The van der Waals surface area contributed by atoms with E-state index in [0.29, 0.717) is 11.9 Å². The third-order valence-corrected chi connectivity index (χ3v) is 2.79. The summed E-state index contributed by atoms with van der Waals surface area (Å²) in [5.41, 5.74) is 1.13. The lowest BCUT2D eigenvalue weighted by molar-refractivity contribution is 0.334. The molecule has 0 radical (unpaired) electrons. The quantitative estimate of drug-likeness (QED) is 0.823. The molecule has 90 valence electrons. The normalized spacial score (nSPS) is 13.6. The molecule has 0 saturated heterocycles. The third kappa shape index (κ3) is 3.97. The van der Waals surface area contributed by atoms with Crippen molar-refractivity contribution in [3.05, 3.63) is 18.1 Å². The van der Waals surface area contributed by atoms with Crippen LogP contribution in [0.5, 0.6) is 0 Å². The molecule has 3 nitrogen and oxygen atoms in total. The lowest BCUT2D eigenvalue weighted by Crippen LogP contribution is -2.34. The molecule has 1 unspecified atom stereocenters. The second-order valence-electron chi connectivity index (χ2n) is 5.09. The van der Waals surface area contributed by atoms with Crippen LogP contribution in [-0.4, -0.2) is 21.9 Å². The SMILES string of the molecule is Cc1cc(NC(CCCl)C(C)(C)C)ncn1. The van der Waals surface area contributed by atoms with Gasteiger partial charge < -0.3 is 5.32 Å². The summed E-state index contributed by atoms with van der Waals surface area (Å²) in [6, 6.07) is 2.27. The van der Waals surface area contributed by atoms with Gasteiger partial charge in [-0.15, -0.1) is 11.6 Å². The number of hydrogen-bond acceptors (Lipinski definition) is 3. The summed E-state index contributed by atoms with van der Waals surface area (Å²) < 4.78 is 0. The molecule has 0 aliphatic heterocycles. The highest BCUT2D eigenvalue weighted by atomic mass is 35.5. The molecule has 16 heavy (non-hydrogen) atoms. The Morgan fingerprint density at radius 3 is 2.56 bits per heavy atom. The first kappa shape index (κ1) is 13.2. The minimum absolute atomic E-state index is 0.160. The first-order valence-corrected chi connectivity index (χ1v) is 6.08. The fourth-order valence-electron chi connectivity index (χ4n) is 1.54. The van der Waals surface area contributed by atoms with Crippen LogP contribution in [0.1, 0.15) is 32.9 Å². The van der Waals surface area contributed by atoms with E-state index in [1.54, 1.807) is 6.33 Å². The van der Waals surface area contributed by atoms with E-state index in [9.17, 15) is 0 Å². The Hall–Kier alpha value is -0.830. The zero-order chi connectivity index (χ0) is 12.2. The number of aromatic nitrogens is 2. The summed E-state index contributed by atoms with van der Waals surface area (Å²) in [5, 5.41) is 3.43. The standard InChI is InChI=1S/C12H20ClN3/c1-9-7-11(15-8-14-9)16-10(5-6-13)12(2,3)4/h7-8,10H,5-6H2,1-4H3,(H,14,15,16). The Kier molecular flexibility index (Phi) is 4.54. The zero-order valence-corrected chi connectivity index (χ0v) is 11.2. The predicted molar refractivity (Wildman–Crippen MR) is 69.0 cm³/mol. The maximum absolute atomic E-state index is 5.83. The first-order chi connectivity index (χ1) is 7.43. The third-order valence-electron chi connectivity index (χ3n) is 2.57. The lowest BCUT2D eigenvalue weighted by atomic mass is 9.85. The minimum atomic E-state index is 0.160. The topological polar surface area (TPSA) is 37.8 Å². The number of anilines is 1. The second kappa shape index (κ2) is 5.48. The molecule has 1 aromatic rings. The number of rotatable bonds is 4. The largest absolute Gasteiger partial charge is 0.367 e. The molecule has 1 N–H and O–H groups in total. The van der Waals surface area contributed by atoms with Gasteiger partial charge in [0.05, 0.1) is 0 Å². The van der Waals surface area contributed by atoms with E-state index in [-0.39, 0.29) is 5.41 Å². The minimum Gasteiger partial charge on any atom is -0.367 e. The summed E-state index contributed by atoms with van der Waals surface area (Å²) >= 11 is 5.83. The molecule has 0 aromatic carbocycles. The smallest absolute Gasteiger partial charge is 0.129 e. The van der Waals surface area contributed by atoms with Gasteiger partial charge in [-0.2, -0.15) is 0 Å². The first-order valence-electron chi connectivity index (χ1n) is 5.54. The molecule has 0 bridgehead atoms. The Balaban J connectivity index is 2.76. The van der Waals surface area contributed by atoms with Crippen molar-refractivity contribution >= 4 is 17.4 Å². The van der Waals surface area contributed by atoms with Gasteiger partial charge in [-0.1, -0.05) is 20.8 Å². The Labute approximate surface area is 103 Å². The van der Waals surface area contributed by atoms with Crippen LogP contribution in [0.2, 0.25) is 0 Å². The van der Waals surface area contributed by atoms with E-state index in [4.69, 9.17) is 11.6 Å². The number of hydrogen-bond donors (Lipinski definition) is 1. The fourth-order valence-corrected chi connectivity index (χ4v) is 1.76. The van der Waals surface area contributed by atoms with Gasteiger partial charge in [0.1, 0.15) is 12.1 Å². The Morgan fingerprint density at radius 2 is 2.06 bits per heavy atom. The summed E-state index contributed by atoms with van der Waals surface area (Å²) in [5.74, 6) is 1.52. The molecular weight excluding hydrogens is 222 g/mol. The summed E-state index contributed by atoms with van der Waals surface area (Å²) in [7, 11) is 0. The van der Waals surface area contributed by atoms with Gasteiger partial charge >= 0.3 is 0 Å². The van der Waals surface area contributed by atoms with Gasteiger partial charge in [-0.3, -0.25) is 0 Å². The van der Waals surface area contributed by atoms with E-state index < -0.39 is 0 Å². The molecule has 1 heterocycles. The van der Waals surface area contributed by atoms with Gasteiger partial charge in [0.15, 0.2) is 0 Å². The highest BCUT2D eigenvalue weighted by molar-refractivity contribution is 6.17. The molecule has 0 aliphatic carbocycles. The van der Waals surface area contributed by atoms with Crippen LogP contribution in [0.25, 0.3) is 0 Å². The molecule has 1 aromatic heterocycles. The van der Waals surface area contributed by atoms with E-state index in [0.717, 1.165) is 17.9 Å². The van der Waals surface area contributed by atoms with E-state index in [1.807, 2.05) is 13.0 Å². The highest BCUT2D eigenvalue weighted by Crippen LogP contribution is 2.25. The van der Waals surface area contributed by atoms with E-state index in [2.05, 4.69) is 36.1 Å². The van der Waals surface area contributed by atoms with Crippen molar-refractivity contribution in [1.82, 2.24) is 9.97 Å². The van der Waals surface area contributed by atoms with Gasteiger partial charge in [-0.25, -0.2) is 9.97 Å². The molecule has 0 saturated carbocycles. The van der Waals surface area contributed by atoms with Crippen molar-refractivity contribution in [3.63, 3.8) is 0 Å².